The van der Waals surface area contributed by atoms with Gasteiger partial charge in [-0.1, -0.05) is 6.92 Å². The van der Waals surface area contributed by atoms with Gasteiger partial charge >= 0.3 is 0 Å². The van der Waals surface area contributed by atoms with Crippen LogP contribution in [0, 0.1) is 0 Å². The molecule has 0 bridgehead atoms. The van der Waals surface area contributed by atoms with E-state index < -0.39 is 0 Å². The van der Waals surface area contributed by atoms with Gasteiger partial charge in [0.1, 0.15) is 6.10 Å². The molecule has 1 rings (SSSR count). The first-order chi connectivity index (χ1) is 5.38. The molecule has 1 unspecified atom stereocenters. The van der Waals surface area contributed by atoms with E-state index >= 15 is 0 Å². The zero-order chi connectivity index (χ0) is 8.10. The van der Waals surface area contributed by atoms with E-state index in [9.17, 15) is 0 Å². The molecule has 0 radical (unpaired) electrons. The van der Waals surface area contributed by atoms with E-state index in [1.165, 1.54) is 0 Å². The predicted octanol–water partition coefficient (Wildman–Crippen LogP) is 0.969. The summed E-state index contributed by atoms with van der Waals surface area (Å²) >= 11 is 0. The third-order valence-electron chi connectivity index (χ3n) is 1.51. The Morgan fingerprint density at radius 2 is 2.45 bits per heavy atom. The molecule has 0 aromatic carbocycles. The largest absolute Gasteiger partial charge is 0.375 e. The van der Waals surface area contributed by atoms with E-state index in [1.54, 1.807) is 13.3 Å². The van der Waals surface area contributed by atoms with Crippen LogP contribution in [0.4, 0.5) is 0 Å². The van der Waals surface area contributed by atoms with Crippen LogP contribution in [0.5, 0.6) is 0 Å². The van der Waals surface area contributed by atoms with Crippen LogP contribution in [0.2, 0.25) is 0 Å². The van der Waals surface area contributed by atoms with E-state index in [0.717, 1.165) is 12.1 Å². The Morgan fingerprint density at radius 1 is 1.64 bits per heavy atom. The first-order valence-corrected chi connectivity index (χ1v) is 3.55. The minimum Gasteiger partial charge on any atom is -0.375 e. The summed E-state index contributed by atoms with van der Waals surface area (Å²) in [7, 11) is 1.66. The molecule has 0 N–H and O–H groups in total. The highest BCUT2D eigenvalue weighted by molar-refractivity contribution is 4.99. The lowest BCUT2D eigenvalue weighted by molar-refractivity contribution is 0.0953. The Kier molecular flexibility index (Phi) is 2.92. The van der Waals surface area contributed by atoms with Gasteiger partial charge in [0.15, 0.2) is 0 Å². The molecule has 0 saturated heterocycles. The lowest BCUT2D eigenvalue weighted by Gasteiger charge is -2.09. The van der Waals surface area contributed by atoms with Crippen molar-refractivity contribution in [2.45, 2.75) is 19.4 Å². The second kappa shape index (κ2) is 3.98. The third kappa shape index (κ3) is 1.94. The van der Waals surface area contributed by atoms with Crippen molar-refractivity contribution in [2.24, 2.45) is 0 Å². The normalized spacial score (nSPS) is 12.9. The van der Waals surface area contributed by atoms with Crippen LogP contribution in [0.15, 0.2) is 12.3 Å². The minimum absolute atomic E-state index is 0.0468. The van der Waals surface area contributed by atoms with E-state index in [-0.39, 0.29) is 6.10 Å². The number of methoxy groups -OCH3 is 1. The second-order valence-corrected chi connectivity index (χ2v) is 2.18. The van der Waals surface area contributed by atoms with Crippen molar-refractivity contribution in [3.8, 4) is 0 Å². The Hall–Kier alpha value is -1.03. The average Bonchev–Trinajstić information content (AvgIpc) is 2.09. The van der Waals surface area contributed by atoms with Gasteiger partial charge in [0.25, 0.3) is 0 Å². The minimum atomic E-state index is 0.0468. The fraction of sp³-hybridized carbons (Fsp3) is 0.571. The highest BCUT2D eigenvalue weighted by atomic mass is 16.5. The summed E-state index contributed by atoms with van der Waals surface area (Å²) in [5.74, 6) is 0. The summed E-state index contributed by atoms with van der Waals surface area (Å²) in [6, 6.07) is 1.81. The second-order valence-electron chi connectivity index (χ2n) is 2.18. The van der Waals surface area contributed by atoms with Crippen LogP contribution in [0.3, 0.4) is 0 Å². The number of rotatable bonds is 3. The summed E-state index contributed by atoms with van der Waals surface area (Å²) in [5, 5.41) is 10.9. The number of ether oxygens (including phenoxy) is 1. The number of nitrogens with zero attached hydrogens (tertiary/aromatic N) is 3. The predicted molar refractivity (Wildman–Crippen MR) is 39.9 cm³/mol. The van der Waals surface area contributed by atoms with Gasteiger partial charge in [-0.25, -0.2) is 0 Å². The van der Waals surface area contributed by atoms with Crippen LogP contribution < -0.4 is 0 Å². The quantitative estimate of drug-likeness (QED) is 0.649. The molecule has 1 heterocycles. The van der Waals surface area contributed by atoms with E-state index in [0.29, 0.717) is 0 Å². The lowest BCUT2D eigenvalue weighted by Crippen LogP contribution is -2.03. The Balaban J connectivity index is 2.74. The standard InChI is InChI=1S/C7H11N3O/c1-3-7(11-2)6-4-5-8-10-9-6/h4-5,7H,3H2,1-2H3. The van der Waals surface area contributed by atoms with Crippen LogP contribution in [0.25, 0.3) is 0 Å². The lowest BCUT2D eigenvalue weighted by atomic mass is 10.2. The summed E-state index contributed by atoms with van der Waals surface area (Å²) in [6.07, 6.45) is 2.56. The SMILES string of the molecule is CCC(OC)c1ccnnn1. The summed E-state index contributed by atoms with van der Waals surface area (Å²) in [4.78, 5) is 0. The van der Waals surface area contributed by atoms with Crippen LogP contribution in [-0.4, -0.2) is 22.5 Å². The maximum Gasteiger partial charge on any atom is 0.101 e. The van der Waals surface area contributed by atoms with Crippen LogP contribution in [0.1, 0.15) is 25.1 Å². The Labute approximate surface area is 65.6 Å². The smallest absolute Gasteiger partial charge is 0.101 e. The fourth-order valence-corrected chi connectivity index (χ4v) is 0.919. The molecule has 60 valence electrons. The van der Waals surface area contributed by atoms with Crippen molar-refractivity contribution in [1.82, 2.24) is 15.4 Å². The van der Waals surface area contributed by atoms with Crippen LogP contribution >= 0.6 is 0 Å². The summed E-state index contributed by atoms with van der Waals surface area (Å²) < 4.78 is 5.16. The molecule has 0 spiro atoms. The van der Waals surface area contributed by atoms with Crippen molar-refractivity contribution < 1.29 is 4.74 Å². The van der Waals surface area contributed by atoms with Crippen molar-refractivity contribution in [3.63, 3.8) is 0 Å². The van der Waals surface area contributed by atoms with Crippen molar-refractivity contribution in [3.05, 3.63) is 18.0 Å². The number of hydrogen-bond acceptors (Lipinski definition) is 4. The Morgan fingerprint density at radius 3 is 2.91 bits per heavy atom. The highest BCUT2D eigenvalue weighted by Gasteiger charge is 2.08. The highest BCUT2D eigenvalue weighted by Crippen LogP contribution is 2.15. The van der Waals surface area contributed by atoms with Gasteiger partial charge in [-0.2, -0.15) is 0 Å². The summed E-state index contributed by atoms with van der Waals surface area (Å²) in [6.45, 7) is 2.04. The van der Waals surface area contributed by atoms with Gasteiger partial charge in [-0.3, -0.25) is 0 Å². The maximum atomic E-state index is 5.16. The average molecular weight is 153 g/mol. The molecule has 1 atom stereocenters. The molecule has 1 aromatic rings. The molecule has 1 aromatic heterocycles. The molecular formula is C7H11N3O. The zero-order valence-electron chi connectivity index (χ0n) is 6.69. The van der Waals surface area contributed by atoms with E-state index in [1.807, 2.05) is 13.0 Å². The van der Waals surface area contributed by atoms with Gasteiger partial charge < -0.3 is 4.74 Å². The fourth-order valence-electron chi connectivity index (χ4n) is 0.919. The first-order valence-electron chi connectivity index (χ1n) is 3.55. The Bertz CT molecular complexity index is 198. The topological polar surface area (TPSA) is 47.9 Å². The van der Waals surface area contributed by atoms with Crippen LogP contribution in [-0.2, 0) is 4.74 Å². The monoisotopic (exact) mass is 153 g/mol. The van der Waals surface area contributed by atoms with E-state index in [4.69, 9.17) is 4.74 Å². The molecule has 0 aliphatic heterocycles. The molecule has 0 aliphatic carbocycles. The molecule has 0 aliphatic rings. The molecule has 4 heteroatoms. The van der Waals surface area contributed by atoms with Crippen molar-refractivity contribution >= 4 is 0 Å². The summed E-state index contributed by atoms with van der Waals surface area (Å²) in [5.41, 5.74) is 0.838. The van der Waals surface area contributed by atoms with Crippen molar-refractivity contribution in [2.75, 3.05) is 7.11 Å². The van der Waals surface area contributed by atoms with E-state index in [2.05, 4.69) is 15.4 Å². The van der Waals surface area contributed by atoms with Gasteiger partial charge in [-0.05, 0) is 17.7 Å². The molecule has 0 saturated carbocycles. The van der Waals surface area contributed by atoms with Crippen molar-refractivity contribution in [1.29, 1.82) is 0 Å². The van der Waals surface area contributed by atoms with Gasteiger partial charge in [0.05, 0.1) is 11.9 Å². The number of hydrogen-bond donors (Lipinski definition) is 0. The van der Waals surface area contributed by atoms with Gasteiger partial charge in [0, 0.05) is 7.11 Å². The van der Waals surface area contributed by atoms with Gasteiger partial charge in [-0.15, -0.1) is 10.2 Å². The molecule has 4 nitrogen and oxygen atoms in total. The van der Waals surface area contributed by atoms with Gasteiger partial charge in [0.2, 0.25) is 0 Å². The molecule has 0 fully saturated rings. The molecule has 0 amide bonds. The number of aromatic nitrogens is 3. The maximum absolute atomic E-state index is 5.16. The molecule has 11 heavy (non-hydrogen) atoms. The zero-order valence-corrected chi connectivity index (χ0v) is 6.69. The third-order valence-corrected chi connectivity index (χ3v) is 1.51. The first kappa shape index (κ1) is 8.07. The molecular weight excluding hydrogens is 142 g/mol.